The van der Waals surface area contributed by atoms with Crippen LogP contribution in [0.3, 0.4) is 0 Å². The van der Waals surface area contributed by atoms with Gasteiger partial charge in [0, 0.05) is 0 Å². The topological polar surface area (TPSA) is 64.7 Å². The number of carbonyl (C=O) groups excluding carboxylic acids is 1. The predicted molar refractivity (Wildman–Crippen MR) is 49.1 cm³/mol. The zero-order valence-corrected chi connectivity index (χ0v) is 7.93. The number of esters is 1. The first-order valence-electron chi connectivity index (χ1n) is 3.78. The quantitative estimate of drug-likeness (QED) is 0.636. The van der Waals surface area contributed by atoms with E-state index < -0.39 is 6.04 Å². The van der Waals surface area contributed by atoms with Crippen LogP contribution in [0.25, 0.3) is 0 Å². The fraction of sp³-hybridized carbons (Fsp3) is 0.714. The molecule has 1 heterocycles. The summed E-state index contributed by atoms with van der Waals surface area (Å²) in [5.74, 6) is -0.325. The van der Waals surface area contributed by atoms with Crippen molar-refractivity contribution >= 4 is 22.8 Å². The molecule has 1 aliphatic heterocycles. The summed E-state index contributed by atoms with van der Waals surface area (Å²) in [4.78, 5) is 15.2. The summed E-state index contributed by atoms with van der Waals surface area (Å²) in [7, 11) is 0. The minimum absolute atomic E-state index is 0.274. The monoisotopic (exact) mass is 188 g/mol. The van der Waals surface area contributed by atoms with Gasteiger partial charge in [0.15, 0.2) is 6.04 Å². The van der Waals surface area contributed by atoms with Crippen molar-refractivity contribution in [1.82, 2.24) is 0 Å². The third-order valence-corrected chi connectivity index (χ3v) is 2.44. The summed E-state index contributed by atoms with van der Waals surface area (Å²) in [6.07, 6.45) is 0. The highest BCUT2D eigenvalue weighted by Crippen LogP contribution is 2.23. The number of carbonyl (C=O) groups is 1. The molecule has 0 aliphatic carbocycles. The standard InChI is InChI=1S/C7H12N2O2S/c1-3-11-7(10)5-6(8)12-4(2)9-5/h5-6H,3,8H2,1-2H3. The number of hydrogen-bond acceptors (Lipinski definition) is 5. The summed E-state index contributed by atoms with van der Waals surface area (Å²) in [5.41, 5.74) is 5.65. The van der Waals surface area contributed by atoms with E-state index in [9.17, 15) is 4.79 Å². The highest BCUT2D eigenvalue weighted by Gasteiger charge is 2.32. The van der Waals surface area contributed by atoms with E-state index in [1.807, 2.05) is 6.92 Å². The molecule has 2 N–H and O–H groups in total. The van der Waals surface area contributed by atoms with Crippen LogP contribution in [0.5, 0.6) is 0 Å². The lowest BCUT2D eigenvalue weighted by atomic mass is 10.3. The lowest BCUT2D eigenvalue weighted by molar-refractivity contribution is -0.144. The van der Waals surface area contributed by atoms with Crippen LogP contribution < -0.4 is 5.73 Å². The van der Waals surface area contributed by atoms with Gasteiger partial charge in [-0.05, 0) is 13.8 Å². The molecule has 68 valence electrons. The van der Waals surface area contributed by atoms with E-state index in [0.29, 0.717) is 6.61 Å². The maximum Gasteiger partial charge on any atom is 0.333 e. The Labute approximate surface area is 75.6 Å². The first-order valence-corrected chi connectivity index (χ1v) is 4.66. The van der Waals surface area contributed by atoms with Crippen molar-refractivity contribution in [2.75, 3.05) is 6.61 Å². The maximum atomic E-state index is 11.2. The second-order valence-corrected chi connectivity index (χ2v) is 3.80. The zero-order valence-electron chi connectivity index (χ0n) is 7.11. The SMILES string of the molecule is CCOC(=O)C1N=C(C)SC1N. The van der Waals surface area contributed by atoms with Crippen LogP contribution in [0, 0.1) is 0 Å². The van der Waals surface area contributed by atoms with Gasteiger partial charge in [0.05, 0.1) is 17.0 Å². The number of rotatable bonds is 2. The molecule has 0 aromatic carbocycles. The number of hydrogen-bond donors (Lipinski definition) is 1. The van der Waals surface area contributed by atoms with Gasteiger partial charge in [-0.3, -0.25) is 4.99 Å². The normalized spacial score (nSPS) is 28.4. The van der Waals surface area contributed by atoms with Crippen molar-refractivity contribution in [2.45, 2.75) is 25.3 Å². The minimum Gasteiger partial charge on any atom is -0.464 e. The average Bonchev–Trinajstić information content (AvgIpc) is 2.30. The van der Waals surface area contributed by atoms with E-state index in [1.54, 1.807) is 6.92 Å². The summed E-state index contributed by atoms with van der Waals surface area (Å²) in [6.45, 7) is 3.98. The van der Waals surface area contributed by atoms with E-state index >= 15 is 0 Å². The lowest BCUT2D eigenvalue weighted by Gasteiger charge is -2.10. The molecule has 2 unspecified atom stereocenters. The van der Waals surface area contributed by atoms with Crippen LogP contribution in [0.15, 0.2) is 4.99 Å². The number of nitrogens with two attached hydrogens (primary N) is 1. The Kier molecular flexibility index (Phi) is 3.11. The molecule has 5 heteroatoms. The Balaban J connectivity index is 2.57. The number of nitrogens with zero attached hydrogens (tertiary/aromatic N) is 1. The van der Waals surface area contributed by atoms with Crippen molar-refractivity contribution in [1.29, 1.82) is 0 Å². The van der Waals surface area contributed by atoms with E-state index in [2.05, 4.69) is 4.99 Å². The fourth-order valence-corrected chi connectivity index (χ4v) is 1.84. The van der Waals surface area contributed by atoms with Gasteiger partial charge in [0.25, 0.3) is 0 Å². The van der Waals surface area contributed by atoms with E-state index in [-0.39, 0.29) is 11.3 Å². The van der Waals surface area contributed by atoms with Crippen LogP contribution in [0.2, 0.25) is 0 Å². The van der Waals surface area contributed by atoms with Gasteiger partial charge in [-0.25, -0.2) is 4.79 Å². The number of ether oxygens (including phenoxy) is 1. The second kappa shape index (κ2) is 3.91. The molecule has 0 radical (unpaired) electrons. The van der Waals surface area contributed by atoms with Gasteiger partial charge in [-0.1, -0.05) is 11.8 Å². The second-order valence-electron chi connectivity index (χ2n) is 2.43. The van der Waals surface area contributed by atoms with Crippen LogP contribution in [0.1, 0.15) is 13.8 Å². The summed E-state index contributed by atoms with van der Waals surface area (Å²) in [6, 6.07) is -0.505. The van der Waals surface area contributed by atoms with Gasteiger partial charge in [-0.15, -0.1) is 0 Å². The fourth-order valence-electron chi connectivity index (χ4n) is 0.976. The van der Waals surface area contributed by atoms with Gasteiger partial charge in [0.2, 0.25) is 0 Å². The average molecular weight is 188 g/mol. The van der Waals surface area contributed by atoms with Crippen LogP contribution >= 0.6 is 11.8 Å². The molecule has 1 aliphatic rings. The van der Waals surface area contributed by atoms with Crippen molar-refractivity contribution in [2.24, 2.45) is 10.7 Å². The summed E-state index contributed by atoms with van der Waals surface area (Å²) < 4.78 is 4.81. The smallest absolute Gasteiger partial charge is 0.333 e. The number of thioether (sulfide) groups is 1. The molecule has 0 aromatic rings. The molecular weight excluding hydrogens is 176 g/mol. The Morgan fingerprint density at radius 1 is 1.83 bits per heavy atom. The van der Waals surface area contributed by atoms with Crippen molar-refractivity contribution in [3.8, 4) is 0 Å². The third kappa shape index (κ3) is 1.98. The summed E-state index contributed by atoms with van der Waals surface area (Å²) in [5, 5.41) is 0.574. The number of aliphatic imine (C=N–C) groups is 1. The first kappa shape index (κ1) is 9.54. The van der Waals surface area contributed by atoms with Gasteiger partial charge >= 0.3 is 5.97 Å². The molecule has 1 rings (SSSR count). The van der Waals surface area contributed by atoms with Gasteiger partial charge in [-0.2, -0.15) is 0 Å². The van der Waals surface area contributed by atoms with E-state index in [0.717, 1.165) is 5.04 Å². The molecule has 0 spiro atoms. The van der Waals surface area contributed by atoms with Crippen molar-refractivity contribution < 1.29 is 9.53 Å². The third-order valence-electron chi connectivity index (χ3n) is 1.47. The molecule has 0 amide bonds. The molecule has 4 nitrogen and oxygen atoms in total. The minimum atomic E-state index is -0.505. The first-order chi connectivity index (χ1) is 5.65. The Bertz CT molecular complexity index is 217. The predicted octanol–water partition coefficient (Wildman–Crippen LogP) is 0.368. The van der Waals surface area contributed by atoms with Crippen LogP contribution in [0.4, 0.5) is 0 Å². The summed E-state index contributed by atoms with van der Waals surface area (Å²) >= 11 is 1.41. The van der Waals surface area contributed by atoms with E-state index in [4.69, 9.17) is 10.5 Å². The Morgan fingerprint density at radius 2 is 2.50 bits per heavy atom. The molecule has 0 aromatic heterocycles. The highest BCUT2D eigenvalue weighted by atomic mass is 32.2. The molecule has 0 saturated heterocycles. The van der Waals surface area contributed by atoms with Crippen LogP contribution in [-0.4, -0.2) is 29.0 Å². The lowest BCUT2D eigenvalue weighted by Crippen LogP contribution is -2.35. The highest BCUT2D eigenvalue weighted by molar-refractivity contribution is 8.14. The maximum absolute atomic E-state index is 11.2. The largest absolute Gasteiger partial charge is 0.464 e. The van der Waals surface area contributed by atoms with E-state index in [1.165, 1.54) is 11.8 Å². The Hall–Kier alpha value is -0.550. The van der Waals surface area contributed by atoms with Crippen molar-refractivity contribution in [3.63, 3.8) is 0 Å². The van der Waals surface area contributed by atoms with Crippen LogP contribution in [-0.2, 0) is 9.53 Å². The van der Waals surface area contributed by atoms with Crippen molar-refractivity contribution in [3.05, 3.63) is 0 Å². The Morgan fingerprint density at radius 3 is 2.92 bits per heavy atom. The molecular formula is C7H12N2O2S. The zero-order chi connectivity index (χ0) is 9.14. The molecule has 0 fully saturated rings. The molecule has 0 bridgehead atoms. The molecule has 12 heavy (non-hydrogen) atoms. The van der Waals surface area contributed by atoms with Gasteiger partial charge < -0.3 is 10.5 Å². The van der Waals surface area contributed by atoms with Gasteiger partial charge in [0.1, 0.15) is 0 Å². The molecule has 2 atom stereocenters. The molecule has 0 saturated carbocycles.